The lowest BCUT2D eigenvalue weighted by molar-refractivity contribution is -0.140. The highest BCUT2D eigenvalue weighted by atomic mass is 16.5. The van der Waals surface area contributed by atoms with Crippen LogP contribution in [0, 0.1) is 0 Å². The molecule has 0 amide bonds. The summed E-state index contributed by atoms with van der Waals surface area (Å²) in [6, 6.07) is 15.8. The Balaban J connectivity index is 2.03. The summed E-state index contributed by atoms with van der Waals surface area (Å²) in [6.07, 6.45) is 0.450. The molecule has 1 heterocycles. The first-order chi connectivity index (χ1) is 13.5. The number of rotatable bonds is 7. The van der Waals surface area contributed by atoms with Crippen molar-refractivity contribution in [3.05, 3.63) is 92.9 Å². The quantitative estimate of drug-likeness (QED) is 0.546. The van der Waals surface area contributed by atoms with Gasteiger partial charge in [0.15, 0.2) is 0 Å². The van der Waals surface area contributed by atoms with Crippen molar-refractivity contribution in [1.82, 2.24) is 10.2 Å². The van der Waals surface area contributed by atoms with Gasteiger partial charge in [0, 0.05) is 23.6 Å². The van der Waals surface area contributed by atoms with Gasteiger partial charge in [0.25, 0.3) is 5.56 Å². The van der Waals surface area contributed by atoms with Crippen LogP contribution in [0.5, 0.6) is 0 Å². The highest BCUT2D eigenvalue weighted by Gasteiger charge is 2.26. The zero-order valence-corrected chi connectivity index (χ0v) is 15.3. The first-order valence-electron chi connectivity index (χ1n) is 8.73. The van der Waals surface area contributed by atoms with Crippen molar-refractivity contribution < 1.29 is 19.4 Å². The van der Waals surface area contributed by atoms with E-state index in [-0.39, 0.29) is 17.5 Å². The molecule has 0 saturated carbocycles. The van der Waals surface area contributed by atoms with Crippen LogP contribution in [-0.4, -0.2) is 34.4 Å². The predicted molar refractivity (Wildman–Crippen MR) is 103 cm³/mol. The van der Waals surface area contributed by atoms with Crippen LogP contribution in [0.3, 0.4) is 0 Å². The Bertz CT molecular complexity index is 1020. The third kappa shape index (κ3) is 4.20. The lowest BCUT2D eigenvalue weighted by Gasteiger charge is -2.16. The van der Waals surface area contributed by atoms with Crippen LogP contribution in [0.25, 0.3) is 0 Å². The van der Waals surface area contributed by atoms with Crippen molar-refractivity contribution in [3.8, 4) is 0 Å². The third-order valence-corrected chi connectivity index (χ3v) is 4.63. The van der Waals surface area contributed by atoms with E-state index in [0.29, 0.717) is 23.2 Å². The van der Waals surface area contributed by atoms with Crippen LogP contribution in [0.1, 0.15) is 45.1 Å². The molecule has 3 aromatic rings. The molecule has 0 spiro atoms. The lowest BCUT2D eigenvalue weighted by Crippen LogP contribution is -2.18. The SMILES string of the molecule is COC(=O)CC(c1ccc(C(=O)O)cc1)c1c(Cc2ccccc2)[nH][nH]c1=O. The van der Waals surface area contributed by atoms with Gasteiger partial charge in [-0.15, -0.1) is 0 Å². The average Bonchev–Trinajstić information content (AvgIpc) is 3.06. The van der Waals surface area contributed by atoms with Gasteiger partial charge < -0.3 is 14.9 Å². The number of methoxy groups -OCH3 is 1. The molecule has 0 aliphatic heterocycles. The largest absolute Gasteiger partial charge is 0.478 e. The normalized spacial score (nSPS) is 11.8. The maximum Gasteiger partial charge on any atom is 0.335 e. The molecule has 0 saturated heterocycles. The number of H-pyrrole nitrogens is 2. The number of esters is 1. The van der Waals surface area contributed by atoms with E-state index in [1.807, 2.05) is 30.3 Å². The van der Waals surface area contributed by atoms with E-state index in [1.54, 1.807) is 12.1 Å². The summed E-state index contributed by atoms with van der Waals surface area (Å²) in [5, 5.41) is 14.6. The minimum absolute atomic E-state index is 0.0361. The zero-order chi connectivity index (χ0) is 20.1. The van der Waals surface area contributed by atoms with Gasteiger partial charge in [-0.1, -0.05) is 42.5 Å². The summed E-state index contributed by atoms with van der Waals surface area (Å²) in [7, 11) is 1.29. The molecule has 0 aliphatic rings. The minimum atomic E-state index is -1.04. The molecule has 7 heteroatoms. The molecule has 144 valence electrons. The number of aromatic carboxylic acids is 1. The fourth-order valence-electron chi connectivity index (χ4n) is 3.21. The van der Waals surface area contributed by atoms with Gasteiger partial charge in [-0.3, -0.25) is 14.7 Å². The molecule has 1 aromatic heterocycles. The Kier molecular flexibility index (Phi) is 5.74. The summed E-state index contributed by atoms with van der Waals surface area (Å²) in [4.78, 5) is 35.7. The summed E-state index contributed by atoms with van der Waals surface area (Å²) in [6.45, 7) is 0. The van der Waals surface area contributed by atoms with Crippen LogP contribution < -0.4 is 5.56 Å². The Hall–Kier alpha value is -3.61. The number of nitrogens with one attached hydrogen (secondary N) is 2. The Labute approximate surface area is 161 Å². The van der Waals surface area contributed by atoms with Crippen LogP contribution in [0.15, 0.2) is 59.4 Å². The molecule has 1 unspecified atom stereocenters. The first kappa shape index (κ1) is 19.2. The van der Waals surface area contributed by atoms with Crippen molar-refractivity contribution in [2.45, 2.75) is 18.8 Å². The number of ether oxygens (including phenoxy) is 1. The Morgan fingerprint density at radius 1 is 1.04 bits per heavy atom. The highest BCUT2D eigenvalue weighted by molar-refractivity contribution is 5.87. The summed E-state index contributed by atoms with van der Waals surface area (Å²) in [5.41, 5.74) is 2.60. The summed E-state index contributed by atoms with van der Waals surface area (Å²) < 4.78 is 4.80. The molecule has 3 N–H and O–H groups in total. The fraction of sp³-hybridized carbons (Fsp3) is 0.190. The highest BCUT2D eigenvalue weighted by Crippen LogP contribution is 2.29. The minimum Gasteiger partial charge on any atom is -0.478 e. The smallest absolute Gasteiger partial charge is 0.335 e. The predicted octanol–water partition coefficient (Wildman–Crippen LogP) is 2.69. The number of aromatic nitrogens is 2. The van der Waals surface area contributed by atoms with Gasteiger partial charge in [-0.25, -0.2) is 4.79 Å². The molecule has 7 nitrogen and oxygen atoms in total. The molecule has 28 heavy (non-hydrogen) atoms. The van der Waals surface area contributed by atoms with Crippen LogP contribution >= 0.6 is 0 Å². The Morgan fingerprint density at radius 2 is 1.71 bits per heavy atom. The fourth-order valence-corrected chi connectivity index (χ4v) is 3.21. The van der Waals surface area contributed by atoms with Crippen molar-refractivity contribution in [2.75, 3.05) is 7.11 Å². The van der Waals surface area contributed by atoms with Gasteiger partial charge in [-0.2, -0.15) is 0 Å². The van der Waals surface area contributed by atoms with Crippen molar-refractivity contribution in [2.24, 2.45) is 0 Å². The second-order valence-electron chi connectivity index (χ2n) is 6.39. The topological polar surface area (TPSA) is 112 Å². The maximum absolute atomic E-state index is 12.6. The van der Waals surface area contributed by atoms with Gasteiger partial charge in [0.05, 0.1) is 19.1 Å². The molecule has 0 aliphatic carbocycles. The van der Waals surface area contributed by atoms with E-state index < -0.39 is 17.9 Å². The number of carboxylic acid groups (broad SMARTS) is 1. The second kappa shape index (κ2) is 8.39. The maximum atomic E-state index is 12.6. The summed E-state index contributed by atoms with van der Waals surface area (Å²) >= 11 is 0. The van der Waals surface area contributed by atoms with E-state index >= 15 is 0 Å². The van der Waals surface area contributed by atoms with E-state index in [2.05, 4.69) is 10.2 Å². The number of carbonyl (C=O) groups excluding carboxylic acids is 1. The van der Waals surface area contributed by atoms with E-state index in [1.165, 1.54) is 19.2 Å². The van der Waals surface area contributed by atoms with E-state index in [4.69, 9.17) is 9.84 Å². The van der Waals surface area contributed by atoms with Crippen molar-refractivity contribution in [1.29, 1.82) is 0 Å². The molecule has 1 atom stereocenters. The number of carboxylic acids is 1. The number of aromatic amines is 2. The van der Waals surface area contributed by atoms with Gasteiger partial charge in [0.2, 0.25) is 0 Å². The van der Waals surface area contributed by atoms with Crippen molar-refractivity contribution in [3.63, 3.8) is 0 Å². The monoisotopic (exact) mass is 380 g/mol. The molecule has 2 aromatic carbocycles. The molecule has 0 fully saturated rings. The number of benzene rings is 2. The standard InChI is InChI=1S/C21H20N2O5/c1-28-18(24)12-16(14-7-9-15(10-8-14)21(26)27)19-17(22-23-20(19)25)11-13-5-3-2-4-6-13/h2-10,16H,11-12H2,1H3,(H,26,27)(H2,22,23,25). The average molecular weight is 380 g/mol. The zero-order valence-electron chi connectivity index (χ0n) is 15.3. The lowest BCUT2D eigenvalue weighted by atomic mass is 9.87. The van der Waals surface area contributed by atoms with Gasteiger partial charge in [0.1, 0.15) is 0 Å². The molecule has 0 radical (unpaired) electrons. The number of carbonyl (C=O) groups is 2. The van der Waals surface area contributed by atoms with Crippen LogP contribution in [0.2, 0.25) is 0 Å². The van der Waals surface area contributed by atoms with Crippen LogP contribution in [0.4, 0.5) is 0 Å². The number of hydrogen-bond donors (Lipinski definition) is 3. The molecule has 3 rings (SSSR count). The van der Waals surface area contributed by atoms with Crippen molar-refractivity contribution >= 4 is 11.9 Å². The van der Waals surface area contributed by atoms with E-state index in [0.717, 1.165) is 5.56 Å². The van der Waals surface area contributed by atoms with Gasteiger partial charge >= 0.3 is 11.9 Å². The first-order valence-corrected chi connectivity index (χ1v) is 8.73. The third-order valence-electron chi connectivity index (χ3n) is 4.63. The van der Waals surface area contributed by atoms with Gasteiger partial charge in [-0.05, 0) is 23.3 Å². The molecule has 0 bridgehead atoms. The molecular formula is C21H20N2O5. The number of hydrogen-bond acceptors (Lipinski definition) is 4. The summed E-state index contributed by atoms with van der Waals surface area (Å²) in [5.74, 6) is -2.07. The molecular weight excluding hydrogens is 360 g/mol. The second-order valence-corrected chi connectivity index (χ2v) is 6.39. The van der Waals surface area contributed by atoms with Crippen LogP contribution in [-0.2, 0) is 16.0 Å². The van der Waals surface area contributed by atoms with E-state index in [9.17, 15) is 14.4 Å². The Morgan fingerprint density at radius 3 is 2.32 bits per heavy atom.